The SMILES string of the molecule is N#Cc1ccc([As]C(=O)c2onc3ccc([N+](=O)[O-])cc23)c(C(=O)O)c1. The number of nitro benzene ring substituents is 1. The first kappa shape index (κ1) is 17.3. The zero-order chi connectivity index (χ0) is 18.8. The molecule has 0 atom stereocenters. The average molecular weight is 412 g/mol. The van der Waals surface area contributed by atoms with Crippen molar-refractivity contribution in [3.63, 3.8) is 0 Å². The monoisotopic (exact) mass is 412 g/mol. The molecule has 1 aromatic heterocycles. The Kier molecular flexibility index (Phi) is 4.52. The summed E-state index contributed by atoms with van der Waals surface area (Å²) < 4.78 is 4.83. The first-order valence-electron chi connectivity index (χ1n) is 6.98. The predicted molar refractivity (Wildman–Crippen MR) is 88.5 cm³/mol. The van der Waals surface area contributed by atoms with Crippen LogP contribution >= 0.6 is 0 Å². The summed E-state index contributed by atoms with van der Waals surface area (Å²) in [5, 5.41) is 33.0. The van der Waals surface area contributed by atoms with E-state index in [1.165, 1.54) is 36.4 Å². The molecule has 0 spiro atoms. The van der Waals surface area contributed by atoms with Crippen molar-refractivity contribution in [2.45, 2.75) is 0 Å². The fraction of sp³-hybridized carbons (Fsp3) is 0. The van der Waals surface area contributed by atoms with Gasteiger partial charge in [-0.05, 0) is 0 Å². The number of aromatic nitrogens is 1. The topological polar surface area (TPSA) is 147 Å². The van der Waals surface area contributed by atoms with Gasteiger partial charge in [-0.2, -0.15) is 0 Å². The van der Waals surface area contributed by atoms with Crippen LogP contribution in [-0.2, 0) is 0 Å². The van der Waals surface area contributed by atoms with Crippen molar-refractivity contribution in [3.05, 3.63) is 63.4 Å². The minimum absolute atomic E-state index is 0.132. The summed E-state index contributed by atoms with van der Waals surface area (Å²) in [5.74, 6) is -1.40. The van der Waals surface area contributed by atoms with E-state index in [1.807, 2.05) is 6.07 Å². The average Bonchev–Trinajstić information content (AvgIpc) is 3.05. The number of aromatic carboxylic acids is 1. The molecule has 0 aliphatic rings. The molecule has 127 valence electrons. The molecular formula is C16H7AsN3O6. The van der Waals surface area contributed by atoms with Crippen LogP contribution in [0.1, 0.15) is 26.5 Å². The van der Waals surface area contributed by atoms with E-state index in [9.17, 15) is 24.8 Å². The summed E-state index contributed by atoms with van der Waals surface area (Å²) in [5.41, 5.74) is 0.113. The van der Waals surface area contributed by atoms with E-state index in [1.54, 1.807) is 0 Å². The van der Waals surface area contributed by atoms with Gasteiger partial charge in [-0.15, -0.1) is 0 Å². The Labute approximate surface area is 151 Å². The first-order chi connectivity index (χ1) is 12.4. The number of carboxylic acids is 1. The van der Waals surface area contributed by atoms with E-state index in [4.69, 9.17) is 9.78 Å². The Morgan fingerprint density at radius 1 is 1.27 bits per heavy atom. The maximum absolute atomic E-state index is 12.6. The van der Waals surface area contributed by atoms with Gasteiger partial charge in [0.25, 0.3) is 0 Å². The Morgan fingerprint density at radius 2 is 2.04 bits per heavy atom. The number of benzene rings is 2. The molecule has 0 fully saturated rings. The third kappa shape index (κ3) is 3.18. The second kappa shape index (κ2) is 6.78. The van der Waals surface area contributed by atoms with E-state index < -0.39 is 31.2 Å². The Morgan fingerprint density at radius 3 is 2.69 bits per heavy atom. The van der Waals surface area contributed by atoms with Gasteiger partial charge in [0.2, 0.25) is 0 Å². The molecule has 1 N–H and O–H groups in total. The van der Waals surface area contributed by atoms with Gasteiger partial charge in [0.05, 0.1) is 0 Å². The van der Waals surface area contributed by atoms with Gasteiger partial charge >= 0.3 is 151 Å². The van der Waals surface area contributed by atoms with E-state index in [0.29, 0.717) is 5.52 Å². The van der Waals surface area contributed by atoms with Crippen LogP contribution in [0.3, 0.4) is 0 Å². The number of fused-ring (bicyclic) bond motifs is 1. The van der Waals surface area contributed by atoms with Crippen molar-refractivity contribution in [2.24, 2.45) is 0 Å². The number of nitrogens with zero attached hydrogens (tertiary/aromatic N) is 3. The Balaban J connectivity index is 2.00. The zero-order valence-corrected chi connectivity index (χ0v) is 14.6. The van der Waals surface area contributed by atoms with E-state index in [2.05, 4.69) is 5.16 Å². The molecule has 10 heteroatoms. The number of nitriles is 1. The molecule has 0 aliphatic heterocycles. The molecule has 26 heavy (non-hydrogen) atoms. The fourth-order valence-corrected chi connectivity index (χ4v) is 4.14. The van der Waals surface area contributed by atoms with Crippen molar-refractivity contribution in [1.29, 1.82) is 5.26 Å². The maximum atomic E-state index is 12.6. The quantitative estimate of drug-likeness (QED) is 0.376. The molecular weight excluding hydrogens is 405 g/mol. The Hall–Kier alpha value is -3.50. The first-order valence-corrected chi connectivity index (χ1v) is 8.85. The van der Waals surface area contributed by atoms with Crippen molar-refractivity contribution in [2.75, 3.05) is 0 Å². The number of hydrogen-bond donors (Lipinski definition) is 1. The van der Waals surface area contributed by atoms with Crippen molar-refractivity contribution < 1.29 is 24.1 Å². The molecule has 0 amide bonds. The normalized spacial score (nSPS) is 10.9. The summed E-state index contributed by atoms with van der Waals surface area (Å²) in [4.78, 5) is 34.3. The van der Waals surface area contributed by atoms with Gasteiger partial charge in [-0.3, -0.25) is 0 Å². The van der Waals surface area contributed by atoms with Crippen LogP contribution in [0.25, 0.3) is 10.9 Å². The van der Waals surface area contributed by atoms with Gasteiger partial charge in [0.1, 0.15) is 0 Å². The molecule has 1 radical (unpaired) electrons. The van der Waals surface area contributed by atoms with Crippen molar-refractivity contribution >= 4 is 47.2 Å². The van der Waals surface area contributed by atoms with Crippen LogP contribution in [-0.4, -0.2) is 41.5 Å². The van der Waals surface area contributed by atoms with Crippen LogP contribution in [0.15, 0.2) is 40.9 Å². The number of carboxylic acid groups (broad SMARTS) is 1. The van der Waals surface area contributed by atoms with E-state index in [0.717, 1.165) is 0 Å². The minimum atomic E-state index is -1.32. The van der Waals surface area contributed by atoms with Crippen LogP contribution in [0.5, 0.6) is 0 Å². The van der Waals surface area contributed by atoms with E-state index in [-0.39, 0.29) is 32.3 Å². The summed E-state index contributed by atoms with van der Waals surface area (Å²) >= 11 is -1.32. The number of carbonyl (C=O) groups excluding carboxylic acids is 1. The van der Waals surface area contributed by atoms with Gasteiger partial charge in [-0.25, -0.2) is 0 Å². The van der Waals surface area contributed by atoms with Crippen LogP contribution in [0.2, 0.25) is 0 Å². The number of non-ortho nitro benzene ring substituents is 1. The molecule has 9 nitrogen and oxygen atoms in total. The molecule has 0 aliphatic carbocycles. The number of hydrogen-bond acceptors (Lipinski definition) is 7. The number of nitro groups is 1. The molecule has 1 heterocycles. The van der Waals surface area contributed by atoms with Crippen LogP contribution in [0, 0.1) is 21.4 Å². The van der Waals surface area contributed by atoms with E-state index >= 15 is 0 Å². The molecule has 0 saturated heterocycles. The molecule has 3 rings (SSSR count). The second-order valence-electron chi connectivity index (χ2n) is 5.04. The molecule has 0 saturated carbocycles. The standard InChI is InChI=1S/C16H7AsN3O6/c18-7-8-1-3-12(10(5-8)16(22)23)17-15(21)14-11-6-9(20(24)25)2-4-13(11)19-26-14/h1-6H,(H,22,23). The summed E-state index contributed by atoms with van der Waals surface area (Å²) in [6.07, 6.45) is 0. The third-order valence-corrected chi connectivity index (χ3v) is 5.62. The summed E-state index contributed by atoms with van der Waals surface area (Å²) in [7, 11) is 0. The summed E-state index contributed by atoms with van der Waals surface area (Å²) in [6, 6.07) is 9.69. The number of carbonyl (C=O) groups is 2. The zero-order valence-electron chi connectivity index (χ0n) is 12.7. The van der Waals surface area contributed by atoms with Gasteiger partial charge in [-0.1, -0.05) is 0 Å². The van der Waals surface area contributed by atoms with Gasteiger partial charge < -0.3 is 0 Å². The van der Waals surface area contributed by atoms with Gasteiger partial charge in [0.15, 0.2) is 0 Å². The fourth-order valence-electron chi connectivity index (χ4n) is 2.23. The van der Waals surface area contributed by atoms with Crippen LogP contribution in [0.4, 0.5) is 5.69 Å². The third-order valence-electron chi connectivity index (χ3n) is 3.44. The summed E-state index contributed by atoms with van der Waals surface area (Å²) in [6.45, 7) is 0. The van der Waals surface area contributed by atoms with Crippen molar-refractivity contribution in [1.82, 2.24) is 5.16 Å². The van der Waals surface area contributed by atoms with Gasteiger partial charge in [0, 0.05) is 0 Å². The molecule has 3 aromatic rings. The Bertz CT molecular complexity index is 1110. The number of rotatable bonds is 5. The molecule has 0 unspecified atom stereocenters. The van der Waals surface area contributed by atoms with Crippen LogP contribution < -0.4 is 4.35 Å². The van der Waals surface area contributed by atoms with Crippen molar-refractivity contribution in [3.8, 4) is 6.07 Å². The predicted octanol–water partition coefficient (Wildman–Crippen LogP) is 1.48. The molecule has 0 bridgehead atoms. The molecule has 2 aromatic carbocycles. The second-order valence-corrected chi connectivity index (χ2v) is 7.37.